The Morgan fingerprint density at radius 2 is 1.59 bits per heavy atom. The van der Waals surface area contributed by atoms with Crippen LogP contribution in [-0.4, -0.2) is 23.0 Å². The molecule has 0 fully saturated rings. The highest BCUT2D eigenvalue weighted by Gasteiger charge is 2.23. The second-order valence-corrected chi connectivity index (χ2v) is 7.46. The molecule has 0 aliphatic heterocycles. The minimum Gasteiger partial charge on any atom is -0.415 e. The van der Waals surface area contributed by atoms with Crippen molar-refractivity contribution < 1.29 is 19.2 Å². The summed E-state index contributed by atoms with van der Waals surface area (Å²) in [7, 11) is 0. The van der Waals surface area contributed by atoms with Gasteiger partial charge in [0.25, 0.3) is 5.91 Å². The first-order valence-corrected chi connectivity index (χ1v) is 10.4. The highest BCUT2D eigenvalue weighted by atomic mass is 35.5. The van der Waals surface area contributed by atoms with Crippen LogP contribution in [0.15, 0.2) is 90.0 Å². The van der Waals surface area contributed by atoms with E-state index in [4.69, 9.17) is 16.3 Å². The molecule has 0 unspecified atom stereocenters. The summed E-state index contributed by atoms with van der Waals surface area (Å²) in [4.78, 5) is 36.1. The maximum Gasteiger partial charge on any atom is 0.345 e. The lowest BCUT2D eigenvalue weighted by atomic mass is 10.0. The predicted molar refractivity (Wildman–Crippen MR) is 129 cm³/mol. The minimum atomic E-state index is -0.866. The van der Waals surface area contributed by atoms with Gasteiger partial charge in [0, 0.05) is 17.2 Å². The zero-order valence-corrected chi connectivity index (χ0v) is 18.2. The van der Waals surface area contributed by atoms with E-state index in [1.807, 2.05) is 30.3 Å². The number of amides is 1. The van der Waals surface area contributed by atoms with Gasteiger partial charge in [0.1, 0.15) is 0 Å². The first-order valence-electron chi connectivity index (χ1n) is 10.0. The first kappa shape index (κ1) is 22.6. The molecule has 0 saturated heterocycles. The Hall–Kier alpha value is -4.56. The smallest absolute Gasteiger partial charge is 0.345 e. The first-order chi connectivity index (χ1) is 16.5. The standard InChI is InChI=1S/C25H16ClN3O5/c26-21-13-4-3-11-20(21)25(31)34-23-17(9-6-14-22(23)29(32)33)15-27-28-24(30)19-12-5-8-16-7-1-2-10-18(16)19/h1-15H,(H,28,30)/b27-15+. The van der Waals surface area contributed by atoms with Crippen LogP contribution in [0.4, 0.5) is 5.69 Å². The van der Waals surface area contributed by atoms with E-state index in [-0.39, 0.29) is 21.9 Å². The number of hydrogen-bond acceptors (Lipinski definition) is 6. The Morgan fingerprint density at radius 1 is 0.912 bits per heavy atom. The van der Waals surface area contributed by atoms with Crippen molar-refractivity contribution in [1.29, 1.82) is 0 Å². The van der Waals surface area contributed by atoms with Crippen LogP contribution in [0, 0.1) is 10.1 Å². The Morgan fingerprint density at radius 3 is 2.38 bits per heavy atom. The van der Waals surface area contributed by atoms with Gasteiger partial charge in [-0.25, -0.2) is 10.2 Å². The van der Waals surface area contributed by atoms with E-state index < -0.39 is 22.5 Å². The molecule has 0 aliphatic rings. The molecule has 0 saturated carbocycles. The topological polar surface area (TPSA) is 111 Å². The molecule has 0 radical (unpaired) electrons. The molecule has 9 heteroatoms. The van der Waals surface area contributed by atoms with Gasteiger partial charge in [-0.15, -0.1) is 0 Å². The highest BCUT2D eigenvalue weighted by Crippen LogP contribution is 2.31. The molecule has 8 nitrogen and oxygen atoms in total. The van der Waals surface area contributed by atoms with Crippen LogP contribution in [0.1, 0.15) is 26.3 Å². The van der Waals surface area contributed by atoms with Crippen molar-refractivity contribution in [2.24, 2.45) is 5.10 Å². The van der Waals surface area contributed by atoms with Crippen molar-refractivity contribution in [1.82, 2.24) is 5.43 Å². The molecule has 4 aromatic rings. The van der Waals surface area contributed by atoms with Crippen molar-refractivity contribution >= 4 is 46.2 Å². The molecule has 168 valence electrons. The van der Waals surface area contributed by atoms with Crippen LogP contribution in [-0.2, 0) is 0 Å². The van der Waals surface area contributed by atoms with Crippen molar-refractivity contribution in [3.8, 4) is 5.75 Å². The summed E-state index contributed by atoms with van der Waals surface area (Å²) >= 11 is 6.04. The number of carbonyl (C=O) groups excluding carboxylic acids is 2. The summed E-state index contributed by atoms with van der Waals surface area (Å²) in [6.45, 7) is 0. The number of hydrogen-bond donors (Lipinski definition) is 1. The third-order valence-electron chi connectivity index (χ3n) is 4.91. The number of halogens is 1. The average molecular weight is 474 g/mol. The normalized spacial score (nSPS) is 10.9. The van der Waals surface area contributed by atoms with Gasteiger partial charge >= 0.3 is 11.7 Å². The average Bonchev–Trinajstić information content (AvgIpc) is 2.84. The lowest BCUT2D eigenvalue weighted by molar-refractivity contribution is -0.385. The molecule has 0 spiro atoms. The van der Waals surface area contributed by atoms with Gasteiger partial charge in [-0.3, -0.25) is 14.9 Å². The van der Waals surface area contributed by atoms with Crippen LogP contribution < -0.4 is 10.2 Å². The zero-order valence-electron chi connectivity index (χ0n) is 17.5. The number of para-hydroxylation sites is 1. The number of fused-ring (bicyclic) bond motifs is 1. The van der Waals surface area contributed by atoms with E-state index in [9.17, 15) is 19.7 Å². The molecule has 0 bridgehead atoms. The van der Waals surface area contributed by atoms with Crippen LogP contribution in [0.3, 0.4) is 0 Å². The molecule has 1 amide bonds. The zero-order chi connectivity index (χ0) is 24.1. The lowest BCUT2D eigenvalue weighted by Gasteiger charge is -2.09. The minimum absolute atomic E-state index is 0.0504. The molecule has 34 heavy (non-hydrogen) atoms. The SMILES string of the molecule is O=C(Oc1c(/C=N/NC(=O)c2cccc3ccccc23)cccc1[N+](=O)[O-])c1ccccc1Cl. The fourth-order valence-corrected chi connectivity index (χ4v) is 3.53. The highest BCUT2D eigenvalue weighted by molar-refractivity contribution is 6.33. The van der Waals surface area contributed by atoms with Crippen LogP contribution in [0.25, 0.3) is 10.8 Å². The second-order valence-electron chi connectivity index (χ2n) is 7.05. The summed E-state index contributed by atoms with van der Waals surface area (Å²) in [6.07, 6.45) is 1.17. The molecule has 4 aromatic carbocycles. The van der Waals surface area contributed by atoms with Crippen molar-refractivity contribution in [3.63, 3.8) is 0 Å². The fraction of sp³-hybridized carbons (Fsp3) is 0. The summed E-state index contributed by atoms with van der Waals surface area (Å²) in [5.41, 5.74) is 2.55. The number of nitrogens with one attached hydrogen (secondary N) is 1. The van der Waals surface area contributed by atoms with Crippen molar-refractivity contribution in [2.45, 2.75) is 0 Å². The summed E-state index contributed by atoms with van der Waals surface area (Å²) in [6, 6.07) is 23.0. The summed E-state index contributed by atoms with van der Waals surface area (Å²) < 4.78 is 5.34. The quantitative estimate of drug-likeness (QED) is 0.133. The monoisotopic (exact) mass is 473 g/mol. The van der Waals surface area contributed by atoms with E-state index in [1.54, 1.807) is 24.3 Å². The van der Waals surface area contributed by atoms with E-state index in [1.165, 1.54) is 36.5 Å². The van der Waals surface area contributed by atoms with Gasteiger partial charge < -0.3 is 4.74 Å². The van der Waals surface area contributed by atoms with Crippen molar-refractivity contribution in [2.75, 3.05) is 0 Å². The maximum absolute atomic E-state index is 12.7. The lowest BCUT2D eigenvalue weighted by Crippen LogP contribution is -2.18. The Balaban J connectivity index is 1.61. The molecule has 0 aliphatic carbocycles. The van der Waals surface area contributed by atoms with Gasteiger partial charge in [-0.2, -0.15) is 5.10 Å². The van der Waals surface area contributed by atoms with Gasteiger partial charge in [0.15, 0.2) is 0 Å². The Bertz CT molecular complexity index is 1450. The van der Waals surface area contributed by atoms with Crippen LogP contribution >= 0.6 is 11.6 Å². The maximum atomic E-state index is 12.7. The molecule has 4 rings (SSSR count). The molecule has 0 atom stereocenters. The molecule has 1 N–H and O–H groups in total. The Kier molecular flexibility index (Phi) is 6.61. The number of nitro benzene ring substituents is 1. The number of rotatable bonds is 6. The second kappa shape index (κ2) is 9.93. The number of carbonyl (C=O) groups is 2. The molecule has 0 aromatic heterocycles. The number of esters is 1. The predicted octanol–water partition coefficient (Wildman–Crippen LogP) is 5.38. The van der Waals surface area contributed by atoms with E-state index in [2.05, 4.69) is 10.5 Å². The van der Waals surface area contributed by atoms with Gasteiger partial charge in [0.05, 0.1) is 21.7 Å². The van der Waals surface area contributed by atoms with Crippen LogP contribution in [0.2, 0.25) is 5.02 Å². The summed E-state index contributed by atoms with van der Waals surface area (Å²) in [5.74, 6) is -1.65. The number of nitrogens with zero attached hydrogens (tertiary/aromatic N) is 2. The van der Waals surface area contributed by atoms with Gasteiger partial charge in [-0.05, 0) is 35.0 Å². The number of nitro groups is 1. The third kappa shape index (κ3) is 4.77. The van der Waals surface area contributed by atoms with Gasteiger partial charge in [0.2, 0.25) is 5.75 Å². The third-order valence-corrected chi connectivity index (χ3v) is 5.24. The number of ether oxygens (including phenoxy) is 1. The Labute approximate surface area is 198 Å². The van der Waals surface area contributed by atoms with E-state index >= 15 is 0 Å². The van der Waals surface area contributed by atoms with E-state index in [0.29, 0.717) is 5.56 Å². The van der Waals surface area contributed by atoms with E-state index in [0.717, 1.165) is 10.8 Å². The molecular formula is C25H16ClN3O5. The van der Waals surface area contributed by atoms with Crippen molar-refractivity contribution in [3.05, 3.63) is 117 Å². The fourth-order valence-electron chi connectivity index (χ4n) is 3.32. The number of benzene rings is 4. The van der Waals surface area contributed by atoms with Gasteiger partial charge in [-0.1, -0.05) is 66.2 Å². The summed E-state index contributed by atoms with van der Waals surface area (Å²) in [5, 5.41) is 17.2. The number of hydrazone groups is 1. The van der Waals surface area contributed by atoms with Crippen LogP contribution in [0.5, 0.6) is 5.75 Å². The molecule has 0 heterocycles. The largest absolute Gasteiger partial charge is 0.415 e. The molecular weight excluding hydrogens is 458 g/mol.